The molecule has 0 radical (unpaired) electrons. The van der Waals surface area contributed by atoms with Crippen LogP contribution in [0.1, 0.15) is 28.3 Å². The van der Waals surface area contributed by atoms with Crippen LogP contribution >= 0.6 is 0 Å². The number of nitro groups is 1. The molecule has 2 N–H and O–H groups in total. The van der Waals surface area contributed by atoms with E-state index in [-0.39, 0.29) is 11.5 Å². The van der Waals surface area contributed by atoms with E-state index in [0.29, 0.717) is 16.7 Å². The van der Waals surface area contributed by atoms with E-state index >= 15 is 0 Å². The number of aryl methyl sites for hydroxylation is 1. The van der Waals surface area contributed by atoms with E-state index in [1.54, 1.807) is 32.0 Å². The van der Waals surface area contributed by atoms with E-state index in [4.69, 9.17) is 5.73 Å². The van der Waals surface area contributed by atoms with Crippen LogP contribution in [0.4, 0.5) is 10.1 Å². The van der Waals surface area contributed by atoms with E-state index < -0.39 is 11.0 Å². The van der Waals surface area contributed by atoms with Crippen LogP contribution in [-0.2, 0) is 0 Å². The zero-order valence-electron chi connectivity index (χ0n) is 11.3. The molecule has 0 bridgehead atoms. The highest BCUT2D eigenvalue weighted by molar-refractivity contribution is 5.49. The fraction of sp³-hybridized carbons (Fsp3) is 0.200. The van der Waals surface area contributed by atoms with Crippen molar-refractivity contribution in [2.24, 2.45) is 5.73 Å². The Morgan fingerprint density at radius 1 is 1.20 bits per heavy atom. The van der Waals surface area contributed by atoms with Crippen LogP contribution in [0.15, 0.2) is 36.4 Å². The van der Waals surface area contributed by atoms with Crippen molar-refractivity contribution in [2.45, 2.75) is 19.9 Å². The lowest BCUT2D eigenvalue weighted by atomic mass is 9.95. The summed E-state index contributed by atoms with van der Waals surface area (Å²) in [6.07, 6.45) is 0. The zero-order valence-corrected chi connectivity index (χ0v) is 11.3. The number of nitrogens with two attached hydrogens (primary N) is 1. The lowest BCUT2D eigenvalue weighted by Crippen LogP contribution is -2.13. The maximum absolute atomic E-state index is 13.2. The fourth-order valence-corrected chi connectivity index (χ4v) is 2.13. The Morgan fingerprint density at radius 2 is 1.90 bits per heavy atom. The molecule has 0 fully saturated rings. The van der Waals surface area contributed by atoms with Crippen LogP contribution in [0.25, 0.3) is 0 Å². The number of benzene rings is 2. The van der Waals surface area contributed by atoms with E-state index in [9.17, 15) is 14.5 Å². The molecule has 1 atom stereocenters. The molecule has 0 amide bonds. The van der Waals surface area contributed by atoms with E-state index in [2.05, 4.69) is 0 Å². The first kappa shape index (κ1) is 14.1. The molecule has 104 valence electrons. The largest absolute Gasteiger partial charge is 0.320 e. The van der Waals surface area contributed by atoms with Gasteiger partial charge in [0.25, 0.3) is 5.69 Å². The summed E-state index contributed by atoms with van der Waals surface area (Å²) >= 11 is 0. The van der Waals surface area contributed by atoms with Crippen LogP contribution < -0.4 is 5.73 Å². The molecule has 0 aliphatic heterocycles. The average molecular weight is 274 g/mol. The molecule has 2 rings (SSSR count). The SMILES string of the molecule is Cc1cc(C(N)c2cccc(F)c2)cc([N+](=O)[O-])c1C. The molecule has 0 heterocycles. The van der Waals surface area contributed by atoms with Crippen molar-refractivity contribution in [3.05, 3.63) is 74.6 Å². The summed E-state index contributed by atoms with van der Waals surface area (Å²) in [5.74, 6) is -0.378. The molecule has 2 aromatic carbocycles. The Morgan fingerprint density at radius 3 is 2.50 bits per heavy atom. The number of nitro benzene ring substituents is 1. The lowest BCUT2D eigenvalue weighted by molar-refractivity contribution is -0.385. The maximum Gasteiger partial charge on any atom is 0.272 e. The molecule has 1 unspecified atom stereocenters. The van der Waals surface area contributed by atoms with E-state index in [0.717, 1.165) is 5.56 Å². The van der Waals surface area contributed by atoms with Gasteiger partial charge < -0.3 is 5.73 Å². The second-order valence-corrected chi connectivity index (χ2v) is 4.77. The number of halogens is 1. The predicted octanol–water partition coefficient (Wildman–Crippen LogP) is 3.40. The number of hydrogen-bond acceptors (Lipinski definition) is 3. The minimum Gasteiger partial charge on any atom is -0.320 e. The Hall–Kier alpha value is -2.27. The van der Waals surface area contributed by atoms with Gasteiger partial charge in [0.05, 0.1) is 11.0 Å². The van der Waals surface area contributed by atoms with Crippen molar-refractivity contribution in [1.29, 1.82) is 0 Å². The molecule has 0 aliphatic carbocycles. The zero-order chi connectivity index (χ0) is 14.9. The summed E-state index contributed by atoms with van der Waals surface area (Å²) in [6, 6.07) is 8.61. The Kier molecular flexibility index (Phi) is 3.81. The van der Waals surface area contributed by atoms with Crippen molar-refractivity contribution >= 4 is 5.69 Å². The highest BCUT2D eigenvalue weighted by atomic mass is 19.1. The molecule has 5 heteroatoms. The Labute approximate surface area is 116 Å². The van der Waals surface area contributed by atoms with Crippen LogP contribution in [0.5, 0.6) is 0 Å². The third-order valence-corrected chi connectivity index (χ3v) is 3.43. The second kappa shape index (κ2) is 5.38. The van der Waals surface area contributed by atoms with Gasteiger partial charge in [0.1, 0.15) is 5.82 Å². The smallest absolute Gasteiger partial charge is 0.272 e. The first-order chi connectivity index (χ1) is 9.40. The maximum atomic E-state index is 13.2. The topological polar surface area (TPSA) is 69.2 Å². The molecule has 0 saturated carbocycles. The van der Waals surface area contributed by atoms with Crippen molar-refractivity contribution in [3.63, 3.8) is 0 Å². The van der Waals surface area contributed by atoms with Crippen LogP contribution in [0.2, 0.25) is 0 Å². The van der Waals surface area contributed by atoms with Gasteiger partial charge in [-0.3, -0.25) is 10.1 Å². The highest BCUT2D eigenvalue weighted by Crippen LogP contribution is 2.28. The molecule has 4 nitrogen and oxygen atoms in total. The Balaban J connectivity index is 2.50. The minimum absolute atomic E-state index is 0.0341. The summed E-state index contributed by atoms with van der Waals surface area (Å²) in [7, 11) is 0. The van der Waals surface area contributed by atoms with Gasteiger partial charge >= 0.3 is 0 Å². The van der Waals surface area contributed by atoms with Gasteiger partial charge in [-0.2, -0.15) is 0 Å². The Bertz CT molecular complexity index is 671. The molecular formula is C15H15FN2O2. The first-order valence-corrected chi connectivity index (χ1v) is 6.16. The van der Waals surface area contributed by atoms with Crippen LogP contribution in [0, 0.1) is 29.8 Å². The lowest BCUT2D eigenvalue weighted by Gasteiger charge is -2.14. The molecule has 20 heavy (non-hydrogen) atoms. The minimum atomic E-state index is -0.594. The van der Waals surface area contributed by atoms with Gasteiger partial charge in [0, 0.05) is 11.6 Å². The van der Waals surface area contributed by atoms with Crippen molar-refractivity contribution in [1.82, 2.24) is 0 Å². The monoisotopic (exact) mass is 274 g/mol. The molecule has 2 aromatic rings. The molecule has 0 spiro atoms. The van der Waals surface area contributed by atoms with E-state index in [1.165, 1.54) is 18.2 Å². The first-order valence-electron chi connectivity index (χ1n) is 6.16. The molecule has 0 aromatic heterocycles. The third-order valence-electron chi connectivity index (χ3n) is 3.43. The van der Waals surface area contributed by atoms with Gasteiger partial charge in [-0.1, -0.05) is 18.2 Å². The molecule has 0 aliphatic rings. The van der Waals surface area contributed by atoms with Gasteiger partial charge in [0.2, 0.25) is 0 Å². The summed E-state index contributed by atoms with van der Waals surface area (Å²) in [6.45, 7) is 3.50. The molecule has 0 saturated heterocycles. The van der Waals surface area contributed by atoms with Gasteiger partial charge in [0.15, 0.2) is 0 Å². The van der Waals surface area contributed by atoms with Crippen molar-refractivity contribution in [2.75, 3.05) is 0 Å². The number of hydrogen-bond donors (Lipinski definition) is 1. The van der Waals surface area contributed by atoms with Crippen molar-refractivity contribution < 1.29 is 9.31 Å². The normalized spacial score (nSPS) is 12.2. The summed E-state index contributed by atoms with van der Waals surface area (Å²) in [5.41, 5.74) is 8.71. The predicted molar refractivity (Wildman–Crippen MR) is 75.0 cm³/mol. The average Bonchev–Trinajstić information content (AvgIpc) is 2.40. The summed E-state index contributed by atoms with van der Waals surface area (Å²) in [4.78, 5) is 10.6. The fourth-order valence-electron chi connectivity index (χ4n) is 2.13. The summed E-state index contributed by atoms with van der Waals surface area (Å²) in [5, 5.41) is 11.0. The quantitative estimate of drug-likeness (QED) is 0.689. The third kappa shape index (κ3) is 2.67. The van der Waals surface area contributed by atoms with Gasteiger partial charge in [-0.25, -0.2) is 4.39 Å². The molecular weight excluding hydrogens is 259 g/mol. The highest BCUT2D eigenvalue weighted by Gasteiger charge is 2.18. The number of nitrogens with zero attached hydrogens (tertiary/aromatic N) is 1. The van der Waals surface area contributed by atoms with Gasteiger partial charge in [-0.05, 0) is 42.7 Å². The van der Waals surface area contributed by atoms with Crippen molar-refractivity contribution in [3.8, 4) is 0 Å². The van der Waals surface area contributed by atoms with E-state index in [1.807, 2.05) is 0 Å². The number of rotatable bonds is 3. The second-order valence-electron chi connectivity index (χ2n) is 4.77. The standard InChI is InChI=1S/C15H15FN2O2/c1-9-6-12(8-14(10(9)2)18(19)20)15(17)11-4-3-5-13(16)7-11/h3-8,15H,17H2,1-2H3. The van der Waals surface area contributed by atoms with Crippen LogP contribution in [-0.4, -0.2) is 4.92 Å². The van der Waals surface area contributed by atoms with Gasteiger partial charge in [-0.15, -0.1) is 0 Å². The summed E-state index contributed by atoms with van der Waals surface area (Å²) < 4.78 is 13.2. The van der Waals surface area contributed by atoms with Crippen LogP contribution in [0.3, 0.4) is 0 Å².